The van der Waals surface area contributed by atoms with Crippen LogP contribution >= 0.6 is 0 Å². The molecule has 0 spiro atoms. The van der Waals surface area contributed by atoms with E-state index < -0.39 is 0 Å². The number of hydrogen-bond donors (Lipinski definition) is 2. The number of rotatable bonds is 7. The second kappa shape index (κ2) is 10.1. The lowest BCUT2D eigenvalue weighted by atomic mass is 9.78. The average molecular weight is 481 g/mol. The molecular weight excluding hydrogens is 439 g/mol. The number of ketones is 1. The number of likely N-dealkylation sites (tertiary alicyclic amines) is 1. The molecular formula is C30H41FN2O2. The third-order valence-corrected chi connectivity index (χ3v) is 7.16. The van der Waals surface area contributed by atoms with E-state index >= 15 is 0 Å². The summed E-state index contributed by atoms with van der Waals surface area (Å²) in [5.74, 6) is 0.491. The lowest BCUT2D eigenvalue weighted by Crippen LogP contribution is -2.33. The number of phenolic OH excluding ortho intramolecular Hbond substituents is 1. The largest absolute Gasteiger partial charge is 0.507 e. The summed E-state index contributed by atoms with van der Waals surface area (Å²) < 4.78 is 14.4. The number of nitrogens with one attached hydrogen (secondary N) is 1. The summed E-state index contributed by atoms with van der Waals surface area (Å²) >= 11 is 0. The molecule has 0 aromatic heterocycles. The van der Waals surface area contributed by atoms with Crippen molar-refractivity contribution >= 4 is 11.6 Å². The first-order valence-corrected chi connectivity index (χ1v) is 12.7. The minimum absolute atomic E-state index is 0.0625. The predicted octanol–water partition coefficient (Wildman–Crippen LogP) is 6.88. The van der Waals surface area contributed by atoms with Gasteiger partial charge >= 0.3 is 0 Å². The Hall–Kier alpha value is -2.69. The second-order valence-electron chi connectivity index (χ2n) is 12.1. The fraction of sp³-hybridized carbons (Fsp3) is 0.533. The molecule has 2 atom stereocenters. The third kappa shape index (κ3) is 5.94. The summed E-state index contributed by atoms with van der Waals surface area (Å²) in [5, 5.41) is 19.9. The van der Waals surface area contributed by atoms with Crippen LogP contribution < -0.4 is 0 Å². The van der Waals surface area contributed by atoms with Crippen molar-refractivity contribution in [1.82, 2.24) is 4.90 Å². The first kappa shape index (κ1) is 26.9. The molecule has 3 rings (SSSR count). The Morgan fingerprint density at radius 3 is 2.17 bits per heavy atom. The highest BCUT2D eigenvalue weighted by atomic mass is 19.1. The predicted molar refractivity (Wildman–Crippen MR) is 141 cm³/mol. The molecule has 2 unspecified atom stereocenters. The van der Waals surface area contributed by atoms with E-state index in [1.807, 2.05) is 64.6 Å². The van der Waals surface area contributed by atoms with Gasteiger partial charge in [0, 0.05) is 29.2 Å². The Labute approximate surface area is 210 Å². The number of carbonyl (C=O) groups excluding carboxylic acids is 1. The van der Waals surface area contributed by atoms with Gasteiger partial charge in [0.25, 0.3) is 0 Å². The van der Waals surface area contributed by atoms with Gasteiger partial charge < -0.3 is 10.0 Å². The minimum atomic E-state index is -0.322. The van der Waals surface area contributed by atoms with Crippen molar-refractivity contribution in [3.63, 3.8) is 0 Å². The zero-order valence-electron chi connectivity index (χ0n) is 22.3. The van der Waals surface area contributed by atoms with Crippen LogP contribution in [-0.4, -0.2) is 34.7 Å². The number of amidine groups is 1. The van der Waals surface area contributed by atoms with Crippen molar-refractivity contribution in [1.29, 1.82) is 5.41 Å². The lowest BCUT2D eigenvalue weighted by molar-refractivity contribution is 0.0963. The maximum Gasteiger partial charge on any atom is 0.182 e. The molecule has 2 aromatic rings. The maximum atomic E-state index is 14.4. The van der Waals surface area contributed by atoms with Gasteiger partial charge in [0.15, 0.2) is 5.78 Å². The molecule has 1 saturated heterocycles. The van der Waals surface area contributed by atoms with Crippen molar-refractivity contribution in [3.8, 4) is 5.75 Å². The highest BCUT2D eigenvalue weighted by Crippen LogP contribution is 2.40. The van der Waals surface area contributed by atoms with E-state index in [2.05, 4.69) is 6.92 Å². The normalized spacial score (nSPS) is 18.9. The molecule has 0 radical (unpaired) electrons. The standard InChI is InChI=1S/C30H41FN2O2/c1-8-11-20-17-33(28(32)22(20)14-19-12-9-10-13-25(19)31)18-26(34)21-15-23(29(2,3)4)27(35)24(16-21)30(5,6)7/h9-10,12-13,15-16,20,22,32,35H,8,11,14,17-18H2,1-7H3. The number of phenols is 1. The van der Waals surface area contributed by atoms with Gasteiger partial charge in [-0.15, -0.1) is 0 Å². The van der Waals surface area contributed by atoms with Crippen molar-refractivity contribution in [2.24, 2.45) is 11.8 Å². The first-order chi connectivity index (χ1) is 16.2. The van der Waals surface area contributed by atoms with Crippen LogP contribution in [0.15, 0.2) is 36.4 Å². The van der Waals surface area contributed by atoms with Gasteiger partial charge in [-0.1, -0.05) is 73.1 Å². The zero-order chi connectivity index (χ0) is 26.1. The molecule has 1 fully saturated rings. The molecule has 4 nitrogen and oxygen atoms in total. The van der Waals surface area contributed by atoms with Crippen LogP contribution in [-0.2, 0) is 17.3 Å². The Bertz CT molecular complexity index is 1060. The molecule has 1 heterocycles. The van der Waals surface area contributed by atoms with Gasteiger partial charge in [-0.2, -0.15) is 0 Å². The van der Waals surface area contributed by atoms with Gasteiger partial charge in [-0.25, -0.2) is 4.39 Å². The summed E-state index contributed by atoms with van der Waals surface area (Å²) in [6.07, 6.45) is 2.39. The van der Waals surface area contributed by atoms with E-state index in [9.17, 15) is 14.3 Å². The number of benzene rings is 2. The SMILES string of the molecule is CCCC1CN(CC(=O)c2cc(C(C)(C)C)c(O)c(C(C)(C)C)c2)C(=N)C1Cc1ccccc1F. The third-order valence-electron chi connectivity index (χ3n) is 7.16. The van der Waals surface area contributed by atoms with E-state index in [0.717, 1.165) is 24.0 Å². The molecule has 1 aliphatic rings. The number of hydrogen-bond acceptors (Lipinski definition) is 3. The molecule has 2 N–H and O–H groups in total. The second-order valence-corrected chi connectivity index (χ2v) is 12.1. The minimum Gasteiger partial charge on any atom is -0.507 e. The van der Waals surface area contributed by atoms with Crippen LogP contribution in [0.1, 0.15) is 88.4 Å². The van der Waals surface area contributed by atoms with Gasteiger partial charge in [0.2, 0.25) is 0 Å². The van der Waals surface area contributed by atoms with Crippen molar-refractivity contribution in [2.45, 2.75) is 78.6 Å². The van der Waals surface area contributed by atoms with Gasteiger partial charge in [0.1, 0.15) is 17.4 Å². The summed E-state index contributed by atoms with van der Waals surface area (Å²) in [5.41, 5.74) is 2.06. The molecule has 0 amide bonds. The Morgan fingerprint density at radius 1 is 1.09 bits per heavy atom. The number of aromatic hydroxyl groups is 1. The fourth-order valence-corrected chi connectivity index (χ4v) is 5.15. The highest BCUT2D eigenvalue weighted by molar-refractivity contribution is 6.01. The van der Waals surface area contributed by atoms with Crippen LogP contribution in [0.5, 0.6) is 5.75 Å². The molecule has 0 saturated carbocycles. The van der Waals surface area contributed by atoms with Gasteiger partial charge in [0.05, 0.1) is 6.54 Å². The first-order valence-electron chi connectivity index (χ1n) is 12.7. The summed E-state index contributed by atoms with van der Waals surface area (Å²) in [6.45, 7) is 15.0. The monoisotopic (exact) mass is 480 g/mol. The molecule has 0 bridgehead atoms. The zero-order valence-corrected chi connectivity index (χ0v) is 22.3. The van der Waals surface area contributed by atoms with E-state index in [-0.39, 0.29) is 46.6 Å². The van der Waals surface area contributed by atoms with Crippen molar-refractivity contribution in [2.75, 3.05) is 13.1 Å². The molecule has 190 valence electrons. The van der Waals surface area contributed by atoms with Crippen LogP contribution in [0.2, 0.25) is 0 Å². The molecule has 2 aromatic carbocycles. The quantitative estimate of drug-likeness (QED) is 0.425. The summed E-state index contributed by atoms with van der Waals surface area (Å²) in [6, 6.07) is 10.4. The Balaban J connectivity index is 1.89. The average Bonchev–Trinajstić information content (AvgIpc) is 3.03. The van der Waals surface area contributed by atoms with Crippen molar-refractivity contribution in [3.05, 3.63) is 64.5 Å². The van der Waals surface area contributed by atoms with E-state index in [1.54, 1.807) is 12.1 Å². The summed E-state index contributed by atoms with van der Waals surface area (Å²) in [7, 11) is 0. The highest BCUT2D eigenvalue weighted by Gasteiger charge is 2.38. The van der Waals surface area contributed by atoms with Gasteiger partial charge in [-0.05, 0) is 53.4 Å². The Morgan fingerprint density at radius 2 is 1.66 bits per heavy atom. The van der Waals surface area contributed by atoms with Crippen LogP contribution in [0.25, 0.3) is 0 Å². The molecule has 0 aliphatic carbocycles. The smallest absolute Gasteiger partial charge is 0.182 e. The number of Topliss-reactive ketones (excluding diaryl/α,β-unsaturated/α-hetero) is 1. The fourth-order valence-electron chi connectivity index (χ4n) is 5.15. The van der Waals surface area contributed by atoms with Crippen LogP contribution in [0.3, 0.4) is 0 Å². The van der Waals surface area contributed by atoms with Crippen LogP contribution in [0.4, 0.5) is 4.39 Å². The topological polar surface area (TPSA) is 64.4 Å². The number of carbonyl (C=O) groups is 1. The van der Waals surface area contributed by atoms with E-state index in [1.165, 1.54) is 6.07 Å². The lowest BCUT2D eigenvalue weighted by Gasteiger charge is -2.28. The molecule has 1 aliphatic heterocycles. The maximum absolute atomic E-state index is 14.4. The Kier molecular flexibility index (Phi) is 7.78. The van der Waals surface area contributed by atoms with Gasteiger partial charge in [-0.3, -0.25) is 10.2 Å². The van der Waals surface area contributed by atoms with E-state index in [0.29, 0.717) is 29.9 Å². The van der Waals surface area contributed by atoms with E-state index in [4.69, 9.17) is 5.41 Å². The summed E-state index contributed by atoms with van der Waals surface area (Å²) in [4.78, 5) is 15.4. The van der Waals surface area contributed by atoms with Crippen molar-refractivity contribution < 1.29 is 14.3 Å². The molecule has 35 heavy (non-hydrogen) atoms. The number of halogens is 1. The number of nitrogens with zero attached hydrogens (tertiary/aromatic N) is 1. The molecule has 5 heteroatoms. The van der Waals surface area contributed by atoms with Crippen LogP contribution in [0, 0.1) is 23.1 Å².